The zero-order valence-corrected chi connectivity index (χ0v) is 32.3. The second-order valence-corrected chi connectivity index (χ2v) is 14.6. The lowest BCUT2D eigenvalue weighted by molar-refractivity contribution is -0.277. The second-order valence-electron chi connectivity index (χ2n) is 14.6. The fourth-order valence-corrected chi connectivity index (χ4v) is 7.58. The standard InChI is InChI=1S/C41H28O25/c42-13-7-20-34(63-38(59)10-4-17(46)27(51)31(55)22(10)21-9(13)3-16(45)26(50)30(21)54)35-36(41(62-20)66-37(58)8-1-14(43)25(49)15(44)2-8)65-40(61)12-6-19(48)29(53)33(57)24(12)23-11(39(60)64-35)5-18(47)28(52)32(23)56/h1-6,20,34-36,41,43-57H,7H2/t20?,34?,35?,36?,41-/m0/s1. The molecule has 5 atom stereocenters. The number of ether oxygens (including phenoxy) is 5. The van der Waals surface area contributed by atoms with Crippen molar-refractivity contribution >= 4 is 29.7 Å². The molecule has 15 N–H and O–H groups in total. The topological polar surface area (TPSA) is 435 Å². The van der Waals surface area contributed by atoms with Crippen molar-refractivity contribution in [2.75, 3.05) is 0 Å². The summed E-state index contributed by atoms with van der Waals surface area (Å²) in [5, 5.41) is 158. The largest absolute Gasteiger partial charge is 0.504 e. The lowest BCUT2D eigenvalue weighted by Gasteiger charge is -2.44. The molecule has 0 radical (unpaired) electrons. The number of phenols is 15. The first-order chi connectivity index (χ1) is 31.0. The monoisotopic (exact) mass is 920 g/mol. The molecule has 5 aromatic carbocycles. The van der Waals surface area contributed by atoms with Crippen molar-refractivity contribution in [2.45, 2.75) is 37.1 Å². The smallest absolute Gasteiger partial charge is 0.340 e. The van der Waals surface area contributed by atoms with Gasteiger partial charge < -0.3 is 100 Å². The summed E-state index contributed by atoms with van der Waals surface area (Å²) in [5.41, 5.74) is -8.95. The van der Waals surface area contributed by atoms with Gasteiger partial charge in [-0.2, -0.15) is 0 Å². The third-order valence-electron chi connectivity index (χ3n) is 10.7. The number of benzene rings is 5. The van der Waals surface area contributed by atoms with Gasteiger partial charge in [0.2, 0.25) is 35.4 Å². The summed E-state index contributed by atoms with van der Waals surface area (Å²) in [6.45, 7) is 0. The van der Waals surface area contributed by atoms with E-state index in [4.69, 9.17) is 23.7 Å². The molecule has 0 aromatic heterocycles. The van der Waals surface area contributed by atoms with E-state index in [2.05, 4.69) is 0 Å². The van der Waals surface area contributed by atoms with Gasteiger partial charge in [-0.25, -0.2) is 19.2 Å². The van der Waals surface area contributed by atoms with Gasteiger partial charge in [0.15, 0.2) is 81.2 Å². The predicted molar refractivity (Wildman–Crippen MR) is 206 cm³/mol. The molecule has 25 nitrogen and oxygen atoms in total. The number of rotatable bonds is 2. The summed E-state index contributed by atoms with van der Waals surface area (Å²) in [6, 6.07) is 2.95. The van der Waals surface area contributed by atoms with E-state index in [-0.39, 0.29) is 0 Å². The molecule has 8 rings (SSSR count). The van der Waals surface area contributed by atoms with Crippen LogP contribution in [0.5, 0.6) is 86.2 Å². The Kier molecular flexibility index (Phi) is 9.93. The molecule has 3 aliphatic heterocycles. The number of fused-ring (bicyclic) bond motifs is 9. The van der Waals surface area contributed by atoms with Crippen molar-refractivity contribution in [2.24, 2.45) is 0 Å². The third kappa shape index (κ3) is 6.57. The lowest BCUT2D eigenvalue weighted by Crippen LogP contribution is -2.62. The number of Topliss-reactive ketones (excluding diaryl/α,β-unsaturated/α-hetero) is 1. The van der Waals surface area contributed by atoms with Crippen LogP contribution < -0.4 is 0 Å². The number of hydrogen-bond acceptors (Lipinski definition) is 25. The molecular weight excluding hydrogens is 892 g/mol. The van der Waals surface area contributed by atoms with Crippen molar-refractivity contribution in [1.82, 2.24) is 0 Å². The first-order valence-electron chi connectivity index (χ1n) is 18.4. The van der Waals surface area contributed by atoms with Crippen LogP contribution in [0.4, 0.5) is 0 Å². The molecule has 3 aliphatic rings. The zero-order valence-electron chi connectivity index (χ0n) is 32.3. The van der Waals surface area contributed by atoms with Crippen LogP contribution in [0.25, 0.3) is 22.3 Å². The highest BCUT2D eigenvalue weighted by Gasteiger charge is 2.56. The molecule has 1 fully saturated rings. The van der Waals surface area contributed by atoms with Gasteiger partial charge in [-0.1, -0.05) is 0 Å². The Morgan fingerprint density at radius 1 is 0.424 bits per heavy atom. The van der Waals surface area contributed by atoms with E-state index in [9.17, 15) is 101 Å². The lowest BCUT2D eigenvalue weighted by atomic mass is 9.86. The van der Waals surface area contributed by atoms with E-state index in [0.29, 0.717) is 36.4 Å². The van der Waals surface area contributed by atoms with Gasteiger partial charge in [0.1, 0.15) is 6.10 Å². The summed E-state index contributed by atoms with van der Waals surface area (Å²) >= 11 is 0. The number of carbonyl (C=O) groups is 5. The minimum atomic E-state index is -2.53. The predicted octanol–water partition coefficient (Wildman–Crippen LogP) is 2.06. The maximum absolute atomic E-state index is 14.4. The van der Waals surface area contributed by atoms with Crippen LogP contribution in [0.3, 0.4) is 0 Å². The third-order valence-corrected chi connectivity index (χ3v) is 10.7. The average molecular weight is 921 g/mol. The first-order valence-corrected chi connectivity index (χ1v) is 18.4. The van der Waals surface area contributed by atoms with E-state index in [1.807, 2.05) is 0 Å². The highest BCUT2D eigenvalue weighted by Crippen LogP contribution is 2.55. The zero-order chi connectivity index (χ0) is 48.1. The van der Waals surface area contributed by atoms with Crippen LogP contribution in [0, 0.1) is 0 Å². The van der Waals surface area contributed by atoms with Crippen LogP contribution in [-0.2, 0) is 23.7 Å². The maximum atomic E-state index is 14.4. The molecule has 0 amide bonds. The quantitative estimate of drug-likeness (QED) is 0.0684. The number of phenolic OH excluding ortho intramolecular Hbond substituents is 15. The molecule has 0 aliphatic carbocycles. The molecule has 4 unspecified atom stereocenters. The molecule has 0 saturated carbocycles. The van der Waals surface area contributed by atoms with Crippen molar-refractivity contribution in [3.8, 4) is 108 Å². The van der Waals surface area contributed by atoms with Crippen molar-refractivity contribution < 1.29 is 124 Å². The summed E-state index contributed by atoms with van der Waals surface area (Å²) in [7, 11) is 0. The fourth-order valence-electron chi connectivity index (χ4n) is 7.58. The van der Waals surface area contributed by atoms with Crippen LogP contribution in [0.1, 0.15) is 58.2 Å². The van der Waals surface area contributed by atoms with Crippen LogP contribution >= 0.6 is 0 Å². The second kappa shape index (κ2) is 15.2. The Morgan fingerprint density at radius 3 is 1.17 bits per heavy atom. The molecule has 3 heterocycles. The van der Waals surface area contributed by atoms with E-state index in [1.165, 1.54) is 0 Å². The Hall–Kier alpha value is -9.39. The fraction of sp³-hybridized carbons (Fsp3) is 0.146. The van der Waals surface area contributed by atoms with Crippen LogP contribution in [0.2, 0.25) is 0 Å². The Morgan fingerprint density at radius 2 is 0.758 bits per heavy atom. The number of ketones is 1. The van der Waals surface area contributed by atoms with Gasteiger partial charge >= 0.3 is 23.9 Å². The van der Waals surface area contributed by atoms with Gasteiger partial charge in [0.25, 0.3) is 0 Å². The maximum Gasteiger partial charge on any atom is 0.340 e. The molecule has 0 bridgehead atoms. The highest BCUT2D eigenvalue weighted by molar-refractivity contribution is 6.11. The molecule has 5 aromatic rings. The van der Waals surface area contributed by atoms with E-state index in [1.54, 1.807) is 0 Å². The number of esters is 4. The normalized spacial score (nSPS) is 20.1. The summed E-state index contributed by atoms with van der Waals surface area (Å²) < 4.78 is 28.3. The summed E-state index contributed by atoms with van der Waals surface area (Å²) in [5.74, 6) is -27.5. The molecule has 342 valence electrons. The molecule has 0 spiro atoms. The highest BCUT2D eigenvalue weighted by atomic mass is 16.7. The average Bonchev–Trinajstić information content (AvgIpc) is 3.26. The molecular formula is C41H28O25. The SMILES string of the molecule is O=C(O[C@@H]1OC2CC(=O)c3cc(O)c(O)c(O)c3-c3c(cc(O)c(O)c3O)C(=O)OC2C2OC(=O)c3cc(O)c(O)c(O)c3-c3c(cc(O)c(O)c3O)C(=O)OC21)c1cc(O)c(O)c(O)c1. The van der Waals surface area contributed by atoms with Gasteiger partial charge in [-0.15, -0.1) is 0 Å². The van der Waals surface area contributed by atoms with Gasteiger partial charge in [0.05, 0.1) is 22.3 Å². The Balaban J connectivity index is 1.38. The first kappa shape index (κ1) is 43.3. The van der Waals surface area contributed by atoms with E-state index < -0.39 is 203 Å². The summed E-state index contributed by atoms with van der Waals surface area (Å²) in [6.07, 6.45) is -13.3. The summed E-state index contributed by atoms with van der Waals surface area (Å²) in [4.78, 5) is 71.1. The van der Waals surface area contributed by atoms with Crippen LogP contribution in [0.15, 0.2) is 36.4 Å². The number of carbonyl (C=O) groups excluding carboxylic acids is 5. The van der Waals surface area contributed by atoms with Crippen molar-refractivity contribution in [1.29, 1.82) is 0 Å². The van der Waals surface area contributed by atoms with Crippen molar-refractivity contribution in [3.05, 3.63) is 64.2 Å². The molecule has 66 heavy (non-hydrogen) atoms. The van der Waals surface area contributed by atoms with Gasteiger partial charge in [0, 0.05) is 34.2 Å². The van der Waals surface area contributed by atoms with Gasteiger partial charge in [-0.3, -0.25) is 4.79 Å². The molecule has 1 saturated heterocycles. The minimum Gasteiger partial charge on any atom is -0.504 e. The Bertz CT molecular complexity index is 2920. The Labute approximate surface area is 363 Å². The van der Waals surface area contributed by atoms with E-state index >= 15 is 0 Å². The van der Waals surface area contributed by atoms with E-state index in [0.717, 1.165) is 0 Å². The van der Waals surface area contributed by atoms with Gasteiger partial charge in [-0.05, 0) is 36.4 Å². The minimum absolute atomic E-state index is 0.419. The number of hydrogen-bond donors (Lipinski definition) is 15. The van der Waals surface area contributed by atoms with Crippen molar-refractivity contribution in [3.63, 3.8) is 0 Å². The number of aromatic hydroxyl groups is 15. The molecule has 25 heteroatoms. The van der Waals surface area contributed by atoms with Crippen LogP contribution in [-0.4, -0.2) is 137 Å².